The van der Waals surface area contributed by atoms with Crippen LogP contribution in [-0.2, 0) is 0 Å². The third-order valence-electron chi connectivity index (χ3n) is 4.11. The third-order valence-corrected chi connectivity index (χ3v) is 5.91. The molecule has 0 saturated carbocycles. The van der Waals surface area contributed by atoms with Gasteiger partial charge in [0.15, 0.2) is 5.82 Å². The van der Waals surface area contributed by atoms with Gasteiger partial charge in [-0.25, -0.2) is 0 Å². The second-order valence-corrected chi connectivity index (χ2v) is 7.96. The molecule has 0 amide bonds. The van der Waals surface area contributed by atoms with Gasteiger partial charge in [0.25, 0.3) is 5.56 Å². The van der Waals surface area contributed by atoms with Crippen LogP contribution in [0.25, 0.3) is 29.3 Å². The molecule has 132 valence electrons. The van der Waals surface area contributed by atoms with Crippen molar-refractivity contribution in [1.82, 2.24) is 14.6 Å². The Kier molecular flexibility index (Phi) is 3.95. The molecule has 7 heteroatoms. The lowest BCUT2D eigenvalue weighted by atomic mass is 10.1. The molecule has 27 heavy (non-hydrogen) atoms. The zero-order valence-electron chi connectivity index (χ0n) is 14.0. The number of rotatable bonds is 3. The standard InChI is InChI=1S/C20H13N3O2S2/c24-19-17(11-13-10-14-4-1-2-6-16(14)25-12-13)27-20-21-18(22-23(19)20)8-7-15-5-3-9-26-15/h1-11H,12H2. The number of thiazole rings is 1. The second kappa shape index (κ2) is 6.61. The Balaban J connectivity index is 1.49. The first-order valence-corrected chi connectivity index (χ1v) is 10.0. The average Bonchev–Trinajstić information content (AvgIpc) is 3.40. The van der Waals surface area contributed by atoms with Crippen molar-refractivity contribution in [2.45, 2.75) is 0 Å². The van der Waals surface area contributed by atoms with Crippen LogP contribution >= 0.6 is 22.7 Å². The minimum atomic E-state index is -0.155. The largest absolute Gasteiger partial charge is 0.488 e. The van der Waals surface area contributed by atoms with E-state index in [1.807, 2.05) is 66.1 Å². The number of para-hydroxylation sites is 1. The molecule has 0 aliphatic carbocycles. The molecule has 0 radical (unpaired) electrons. The fourth-order valence-corrected chi connectivity index (χ4v) is 4.40. The maximum atomic E-state index is 12.6. The van der Waals surface area contributed by atoms with Crippen LogP contribution in [0, 0.1) is 0 Å². The Labute approximate surface area is 162 Å². The van der Waals surface area contributed by atoms with E-state index in [0.717, 1.165) is 21.8 Å². The topological polar surface area (TPSA) is 56.5 Å². The van der Waals surface area contributed by atoms with E-state index in [1.54, 1.807) is 11.3 Å². The molecule has 1 aliphatic rings. The van der Waals surface area contributed by atoms with Gasteiger partial charge in [0.2, 0.25) is 4.96 Å². The van der Waals surface area contributed by atoms with Gasteiger partial charge in [0.05, 0.1) is 4.53 Å². The van der Waals surface area contributed by atoms with Crippen molar-refractivity contribution in [3.63, 3.8) is 0 Å². The van der Waals surface area contributed by atoms with E-state index >= 15 is 0 Å². The molecule has 4 aromatic rings. The van der Waals surface area contributed by atoms with Crippen LogP contribution in [0.3, 0.4) is 0 Å². The highest BCUT2D eigenvalue weighted by atomic mass is 32.1. The van der Waals surface area contributed by atoms with Gasteiger partial charge < -0.3 is 4.74 Å². The van der Waals surface area contributed by atoms with Crippen LogP contribution in [0.4, 0.5) is 0 Å². The van der Waals surface area contributed by atoms with Crippen LogP contribution in [0.15, 0.2) is 52.1 Å². The first-order valence-electron chi connectivity index (χ1n) is 8.31. The molecule has 1 aliphatic heterocycles. The minimum absolute atomic E-state index is 0.155. The van der Waals surface area contributed by atoms with Gasteiger partial charge in [-0.05, 0) is 47.4 Å². The van der Waals surface area contributed by atoms with Gasteiger partial charge in [-0.2, -0.15) is 9.50 Å². The smallest absolute Gasteiger partial charge is 0.291 e. The van der Waals surface area contributed by atoms with E-state index in [9.17, 15) is 4.79 Å². The summed E-state index contributed by atoms with van der Waals surface area (Å²) in [5.41, 5.74) is 1.81. The van der Waals surface area contributed by atoms with Crippen LogP contribution in [0.1, 0.15) is 16.3 Å². The zero-order valence-corrected chi connectivity index (χ0v) is 15.7. The molecular weight excluding hydrogens is 378 g/mol. The van der Waals surface area contributed by atoms with Crippen molar-refractivity contribution < 1.29 is 4.74 Å². The molecule has 0 N–H and O–H groups in total. The normalized spacial score (nSPS) is 14.5. The van der Waals surface area contributed by atoms with Crippen molar-refractivity contribution >= 4 is 51.9 Å². The second-order valence-electron chi connectivity index (χ2n) is 5.97. The quantitative estimate of drug-likeness (QED) is 0.537. The Bertz CT molecular complexity index is 1300. The molecule has 3 aromatic heterocycles. The summed E-state index contributed by atoms with van der Waals surface area (Å²) in [5.74, 6) is 1.40. The molecule has 5 rings (SSSR count). The predicted molar refractivity (Wildman–Crippen MR) is 110 cm³/mol. The van der Waals surface area contributed by atoms with Gasteiger partial charge in [-0.3, -0.25) is 4.79 Å². The number of ether oxygens (including phenoxy) is 1. The number of aromatic nitrogens is 3. The summed E-state index contributed by atoms with van der Waals surface area (Å²) in [6, 6.07) is 11.9. The predicted octanol–water partition coefficient (Wildman–Crippen LogP) is 3.36. The molecule has 0 unspecified atom stereocenters. The monoisotopic (exact) mass is 391 g/mol. The van der Waals surface area contributed by atoms with Gasteiger partial charge in [0.1, 0.15) is 12.4 Å². The third kappa shape index (κ3) is 3.11. The maximum absolute atomic E-state index is 12.6. The fourth-order valence-electron chi connectivity index (χ4n) is 2.85. The van der Waals surface area contributed by atoms with Gasteiger partial charge in [-0.1, -0.05) is 35.6 Å². The Morgan fingerprint density at radius 2 is 2.07 bits per heavy atom. The molecule has 0 atom stereocenters. The molecule has 4 heterocycles. The highest BCUT2D eigenvalue weighted by Gasteiger charge is 2.12. The molecule has 1 aromatic carbocycles. The highest BCUT2D eigenvalue weighted by molar-refractivity contribution is 7.15. The molecule has 0 bridgehead atoms. The fraction of sp³-hybridized carbons (Fsp3) is 0.0500. The van der Waals surface area contributed by atoms with E-state index in [0.29, 0.717) is 21.9 Å². The summed E-state index contributed by atoms with van der Waals surface area (Å²) in [5, 5.41) is 6.32. The lowest BCUT2D eigenvalue weighted by Gasteiger charge is -2.15. The number of nitrogens with zero attached hydrogens (tertiary/aromatic N) is 3. The van der Waals surface area contributed by atoms with Crippen molar-refractivity contribution in [1.29, 1.82) is 0 Å². The van der Waals surface area contributed by atoms with Crippen molar-refractivity contribution in [2.24, 2.45) is 0 Å². The molecule has 0 fully saturated rings. The van der Waals surface area contributed by atoms with Gasteiger partial charge in [-0.15, -0.1) is 16.4 Å². The molecular formula is C20H13N3O2S2. The van der Waals surface area contributed by atoms with Gasteiger partial charge >= 0.3 is 0 Å². The number of fused-ring (bicyclic) bond motifs is 2. The average molecular weight is 391 g/mol. The summed E-state index contributed by atoms with van der Waals surface area (Å²) >= 11 is 2.98. The lowest BCUT2D eigenvalue weighted by Crippen LogP contribution is -2.24. The summed E-state index contributed by atoms with van der Waals surface area (Å²) in [7, 11) is 0. The van der Waals surface area contributed by atoms with Gasteiger partial charge in [0, 0.05) is 10.4 Å². The van der Waals surface area contributed by atoms with E-state index in [1.165, 1.54) is 15.9 Å². The van der Waals surface area contributed by atoms with Crippen LogP contribution < -0.4 is 14.8 Å². The van der Waals surface area contributed by atoms with Crippen LogP contribution in [-0.4, -0.2) is 21.2 Å². The first-order chi connectivity index (χ1) is 13.3. The summed E-state index contributed by atoms with van der Waals surface area (Å²) in [4.78, 5) is 18.8. The van der Waals surface area contributed by atoms with Crippen LogP contribution in [0.2, 0.25) is 0 Å². The zero-order chi connectivity index (χ0) is 18.2. The Hall–Kier alpha value is -3.03. The van der Waals surface area contributed by atoms with E-state index in [4.69, 9.17) is 4.74 Å². The summed E-state index contributed by atoms with van der Waals surface area (Å²) in [6.45, 7) is 0.443. The summed E-state index contributed by atoms with van der Waals surface area (Å²) in [6.07, 6.45) is 7.68. The Morgan fingerprint density at radius 3 is 2.93 bits per heavy atom. The molecule has 0 saturated heterocycles. The van der Waals surface area contributed by atoms with E-state index in [2.05, 4.69) is 10.1 Å². The number of hydrogen-bond acceptors (Lipinski definition) is 6. The summed E-state index contributed by atoms with van der Waals surface area (Å²) < 4.78 is 7.72. The minimum Gasteiger partial charge on any atom is -0.488 e. The Morgan fingerprint density at radius 1 is 1.15 bits per heavy atom. The maximum Gasteiger partial charge on any atom is 0.291 e. The number of benzene rings is 1. The molecule has 0 spiro atoms. The highest BCUT2D eigenvalue weighted by Crippen LogP contribution is 2.26. The SMILES string of the molecule is O=c1c(=CC2=Cc3ccccc3OC2)sc2nc(C=Cc3cccs3)nn12. The number of hydrogen-bond donors (Lipinski definition) is 0. The number of thiophene rings is 1. The first kappa shape index (κ1) is 16.2. The van der Waals surface area contributed by atoms with Crippen molar-refractivity contribution in [3.05, 3.63) is 78.5 Å². The van der Waals surface area contributed by atoms with Crippen molar-refractivity contribution in [2.75, 3.05) is 6.61 Å². The van der Waals surface area contributed by atoms with Crippen LogP contribution in [0.5, 0.6) is 5.75 Å². The van der Waals surface area contributed by atoms with Crippen molar-refractivity contribution in [3.8, 4) is 5.75 Å². The lowest BCUT2D eigenvalue weighted by molar-refractivity contribution is 0.352. The van der Waals surface area contributed by atoms with E-state index < -0.39 is 0 Å². The molecule has 5 nitrogen and oxygen atoms in total. The van der Waals surface area contributed by atoms with E-state index in [-0.39, 0.29) is 5.56 Å².